The van der Waals surface area contributed by atoms with Crippen molar-refractivity contribution in [2.75, 3.05) is 5.88 Å². The minimum atomic E-state index is -1.96. The molecule has 0 amide bonds. The Morgan fingerprint density at radius 1 is 1.19 bits per heavy atom. The Labute approximate surface area is 163 Å². The molecule has 0 radical (unpaired) electrons. The molecule has 0 aromatic rings. The molecule has 0 aromatic carbocycles. The number of halogens is 1. The first kappa shape index (κ1) is 21.4. The van der Waals surface area contributed by atoms with Gasteiger partial charge in [-0.05, 0) is 26.0 Å². The summed E-state index contributed by atoms with van der Waals surface area (Å²) in [4.78, 5) is 35.3. The maximum Gasteiger partial charge on any atom is 0.340 e. The second-order valence-corrected chi connectivity index (χ2v) is 7.45. The number of fused-ring (bicyclic) bond motifs is 1. The summed E-state index contributed by atoms with van der Waals surface area (Å²) in [5, 5.41) is 10.9. The third-order valence-corrected chi connectivity index (χ3v) is 5.11. The molecule has 0 aromatic heterocycles. The third-order valence-electron chi connectivity index (χ3n) is 4.71. The van der Waals surface area contributed by atoms with Crippen LogP contribution in [0.5, 0.6) is 0 Å². The van der Waals surface area contributed by atoms with E-state index in [2.05, 4.69) is 0 Å². The van der Waals surface area contributed by atoms with E-state index < -0.39 is 47.7 Å². The Hall–Kier alpha value is -1.86. The SMILES string of the molecule is CC(=O)O[C@H]1/C=C(\C)C[C@@H](OC(C)=O)[C@@H]2[C@H](/C=C(\C)C1)OC(=O)[C@]2(O)CCl. The first-order chi connectivity index (χ1) is 12.6. The topological polar surface area (TPSA) is 99.1 Å². The highest BCUT2D eigenvalue weighted by atomic mass is 35.5. The summed E-state index contributed by atoms with van der Waals surface area (Å²) in [6.45, 7) is 6.20. The number of rotatable bonds is 3. The van der Waals surface area contributed by atoms with E-state index in [1.165, 1.54) is 13.8 Å². The Morgan fingerprint density at radius 2 is 1.78 bits per heavy atom. The summed E-state index contributed by atoms with van der Waals surface area (Å²) in [5.41, 5.74) is -0.370. The van der Waals surface area contributed by atoms with Crippen LogP contribution in [0.2, 0.25) is 0 Å². The first-order valence-corrected chi connectivity index (χ1v) is 9.28. The number of ether oxygens (including phenoxy) is 3. The van der Waals surface area contributed by atoms with Gasteiger partial charge in [0.1, 0.15) is 18.3 Å². The summed E-state index contributed by atoms with van der Waals surface area (Å²) in [5.74, 6) is -3.03. The van der Waals surface area contributed by atoms with Crippen molar-refractivity contribution in [3.8, 4) is 0 Å². The highest BCUT2D eigenvalue weighted by Crippen LogP contribution is 2.40. The summed E-state index contributed by atoms with van der Waals surface area (Å²) in [6, 6.07) is 0. The fourth-order valence-electron chi connectivity index (χ4n) is 3.68. The second-order valence-electron chi connectivity index (χ2n) is 7.18. The largest absolute Gasteiger partial charge is 0.462 e. The highest BCUT2D eigenvalue weighted by Gasteiger charge is 2.59. The van der Waals surface area contributed by atoms with E-state index >= 15 is 0 Å². The van der Waals surface area contributed by atoms with E-state index in [0.717, 1.165) is 11.1 Å². The lowest BCUT2D eigenvalue weighted by atomic mass is 9.79. The Morgan fingerprint density at radius 3 is 2.33 bits per heavy atom. The van der Waals surface area contributed by atoms with Crippen molar-refractivity contribution in [1.82, 2.24) is 0 Å². The van der Waals surface area contributed by atoms with Crippen molar-refractivity contribution in [2.24, 2.45) is 5.92 Å². The molecule has 2 aliphatic rings. The van der Waals surface area contributed by atoms with E-state index in [4.69, 9.17) is 25.8 Å². The average molecular weight is 401 g/mol. The van der Waals surface area contributed by atoms with Crippen molar-refractivity contribution in [3.05, 3.63) is 23.3 Å². The van der Waals surface area contributed by atoms with Crippen LogP contribution in [-0.2, 0) is 28.6 Å². The van der Waals surface area contributed by atoms with Crippen molar-refractivity contribution in [2.45, 2.75) is 64.4 Å². The zero-order valence-corrected chi connectivity index (χ0v) is 16.6. The third kappa shape index (κ3) is 4.90. The van der Waals surface area contributed by atoms with E-state index in [-0.39, 0.29) is 12.3 Å². The van der Waals surface area contributed by atoms with Gasteiger partial charge < -0.3 is 19.3 Å². The standard InChI is InChI=1S/C19H25ClO7/c1-10-5-14(25-12(3)21)6-11(2)8-16-17(15(7-10)26-13(4)22)19(24,9-20)18(23)27-16/h5,8,14-17,24H,6-7,9H2,1-4H3/b10-5+,11-8+/t14-,15+,16-,17+,19-/m0/s1. The first-order valence-electron chi connectivity index (χ1n) is 8.75. The molecule has 1 heterocycles. The normalized spacial score (nSPS) is 37.8. The molecule has 1 saturated heterocycles. The number of carbonyl (C=O) groups excluding carboxylic acids is 3. The lowest BCUT2D eigenvalue weighted by Gasteiger charge is -2.33. The minimum Gasteiger partial charge on any atom is -0.462 e. The number of carbonyl (C=O) groups is 3. The smallest absolute Gasteiger partial charge is 0.340 e. The Bertz CT molecular complexity index is 684. The molecule has 8 heteroatoms. The summed E-state index contributed by atoms with van der Waals surface area (Å²) in [6.07, 6.45) is 1.99. The van der Waals surface area contributed by atoms with Gasteiger partial charge in [0.15, 0.2) is 5.60 Å². The van der Waals surface area contributed by atoms with Gasteiger partial charge in [0.25, 0.3) is 0 Å². The van der Waals surface area contributed by atoms with Crippen LogP contribution in [0.15, 0.2) is 23.3 Å². The van der Waals surface area contributed by atoms with Crippen LogP contribution in [0.1, 0.15) is 40.5 Å². The van der Waals surface area contributed by atoms with E-state index in [0.29, 0.717) is 6.42 Å². The summed E-state index contributed by atoms with van der Waals surface area (Å²) < 4.78 is 16.1. The van der Waals surface area contributed by atoms with Crippen LogP contribution in [0.3, 0.4) is 0 Å². The molecule has 1 aliphatic carbocycles. The van der Waals surface area contributed by atoms with Gasteiger partial charge in [-0.25, -0.2) is 4.79 Å². The maximum atomic E-state index is 12.3. The van der Waals surface area contributed by atoms with Crippen molar-refractivity contribution in [3.63, 3.8) is 0 Å². The average Bonchev–Trinajstić information content (AvgIpc) is 2.75. The zero-order valence-electron chi connectivity index (χ0n) is 15.9. The molecule has 27 heavy (non-hydrogen) atoms. The molecular formula is C19H25ClO7. The summed E-state index contributed by atoms with van der Waals surface area (Å²) in [7, 11) is 0. The predicted molar refractivity (Wildman–Crippen MR) is 96.9 cm³/mol. The van der Waals surface area contributed by atoms with Crippen LogP contribution < -0.4 is 0 Å². The predicted octanol–water partition coefficient (Wildman–Crippen LogP) is 2.05. The van der Waals surface area contributed by atoms with E-state index in [1.54, 1.807) is 19.1 Å². The molecule has 2 rings (SSSR count). The van der Waals surface area contributed by atoms with Gasteiger partial charge in [-0.2, -0.15) is 0 Å². The second kappa shape index (κ2) is 8.44. The van der Waals surface area contributed by atoms with Crippen LogP contribution in [-0.4, -0.2) is 52.8 Å². The Kier molecular flexibility index (Phi) is 6.70. The van der Waals surface area contributed by atoms with Gasteiger partial charge >= 0.3 is 17.9 Å². The molecule has 7 nitrogen and oxygen atoms in total. The minimum absolute atomic E-state index is 0.237. The number of aliphatic hydroxyl groups is 1. The van der Waals surface area contributed by atoms with Crippen molar-refractivity contribution < 1.29 is 33.7 Å². The molecule has 1 aliphatic heterocycles. The van der Waals surface area contributed by atoms with Crippen molar-refractivity contribution >= 4 is 29.5 Å². The van der Waals surface area contributed by atoms with Crippen LogP contribution in [0, 0.1) is 5.92 Å². The molecule has 0 saturated carbocycles. The van der Waals surface area contributed by atoms with Crippen LogP contribution >= 0.6 is 11.6 Å². The number of hydrogen-bond donors (Lipinski definition) is 1. The lowest BCUT2D eigenvalue weighted by molar-refractivity contribution is -0.159. The molecule has 0 spiro atoms. The molecule has 1 fully saturated rings. The van der Waals surface area contributed by atoms with Crippen molar-refractivity contribution in [1.29, 1.82) is 0 Å². The van der Waals surface area contributed by atoms with Gasteiger partial charge in [0.05, 0.1) is 11.8 Å². The monoisotopic (exact) mass is 400 g/mol. The van der Waals surface area contributed by atoms with Gasteiger partial charge in [0.2, 0.25) is 0 Å². The molecule has 1 N–H and O–H groups in total. The molecule has 0 bridgehead atoms. The van der Waals surface area contributed by atoms with Gasteiger partial charge in [-0.3, -0.25) is 9.59 Å². The number of alkyl halides is 1. The fraction of sp³-hybridized carbons (Fsp3) is 0.632. The fourth-order valence-corrected chi connectivity index (χ4v) is 3.97. The molecule has 150 valence electrons. The molecular weight excluding hydrogens is 376 g/mol. The van der Waals surface area contributed by atoms with E-state index in [1.807, 2.05) is 6.92 Å². The molecule has 0 unspecified atom stereocenters. The van der Waals surface area contributed by atoms with Crippen LogP contribution in [0.4, 0.5) is 0 Å². The number of hydrogen-bond acceptors (Lipinski definition) is 7. The number of esters is 3. The van der Waals surface area contributed by atoms with E-state index in [9.17, 15) is 19.5 Å². The maximum absolute atomic E-state index is 12.3. The molecule has 5 atom stereocenters. The van der Waals surface area contributed by atoms with Gasteiger partial charge in [-0.1, -0.05) is 11.1 Å². The van der Waals surface area contributed by atoms with Crippen LogP contribution in [0.25, 0.3) is 0 Å². The zero-order chi connectivity index (χ0) is 20.4. The Balaban J connectivity index is 2.50. The van der Waals surface area contributed by atoms with Gasteiger partial charge in [-0.15, -0.1) is 11.6 Å². The quantitative estimate of drug-likeness (QED) is 0.335. The lowest BCUT2D eigenvalue weighted by Crippen LogP contribution is -2.50. The summed E-state index contributed by atoms with van der Waals surface area (Å²) >= 11 is 5.90. The van der Waals surface area contributed by atoms with Gasteiger partial charge in [0, 0.05) is 26.7 Å². The highest BCUT2D eigenvalue weighted by molar-refractivity contribution is 6.20.